The number of methoxy groups -OCH3 is 1. The Hall–Kier alpha value is -1.06. The van der Waals surface area contributed by atoms with Crippen LogP contribution in [0.4, 0.5) is 5.69 Å². The second-order valence-electron chi connectivity index (χ2n) is 4.72. The summed E-state index contributed by atoms with van der Waals surface area (Å²) < 4.78 is 5.32. The van der Waals surface area contributed by atoms with Crippen molar-refractivity contribution >= 4 is 5.69 Å². The largest absolute Gasteiger partial charge is 0.383 e. The van der Waals surface area contributed by atoms with Gasteiger partial charge in [-0.25, -0.2) is 0 Å². The lowest BCUT2D eigenvalue weighted by molar-refractivity contribution is 0.159. The first kappa shape index (κ1) is 12.4. The lowest BCUT2D eigenvalue weighted by Crippen LogP contribution is -2.39. The fourth-order valence-electron chi connectivity index (χ4n) is 2.57. The molecule has 0 spiro atoms. The molecule has 0 aliphatic carbocycles. The molecule has 1 aliphatic rings. The highest BCUT2D eigenvalue weighted by atomic mass is 16.5. The smallest absolute Gasteiger partial charge is 0.0666 e. The molecule has 0 fully saturated rings. The fraction of sp³-hybridized carbons (Fsp3) is 0.571. The molecule has 0 aromatic heterocycles. The van der Waals surface area contributed by atoms with E-state index < -0.39 is 0 Å². The number of rotatable bonds is 5. The van der Waals surface area contributed by atoms with Gasteiger partial charge >= 0.3 is 0 Å². The van der Waals surface area contributed by atoms with Gasteiger partial charge in [-0.1, -0.05) is 18.2 Å². The van der Waals surface area contributed by atoms with E-state index in [1.165, 1.54) is 17.7 Å². The van der Waals surface area contributed by atoms with Crippen LogP contribution in [-0.2, 0) is 11.2 Å². The second kappa shape index (κ2) is 6.03. The minimum atomic E-state index is 0.434. The molecule has 94 valence electrons. The molecular weight excluding hydrogens is 212 g/mol. The summed E-state index contributed by atoms with van der Waals surface area (Å²) in [6.45, 7) is 1.84. The van der Waals surface area contributed by atoms with Crippen molar-refractivity contribution in [3.8, 4) is 0 Å². The van der Waals surface area contributed by atoms with E-state index in [2.05, 4.69) is 34.9 Å². The van der Waals surface area contributed by atoms with Gasteiger partial charge in [-0.3, -0.25) is 0 Å². The number of benzene rings is 1. The lowest BCUT2D eigenvalue weighted by Gasteiger charge is -2.34. The van der Waals surface area contributed by atoms with Crippen LogP contribution in [0.15, 0.2) is 24.3 Å². The van der Waals surface area contributed by atoms with Gasteiger partial charge in [-0.15, -0.1) is 0 Å². The average molecular weight is 234 g/mol. The standard InChI is InChI=1S/C14H22N2O/c1-15-8-7-12-9-11-5-3-4-6-13(11)16-14(12)10-17-2/h3-6,12,14-16H,7-10H2,1-2H3/t12-,14-/m0/s1. The van der Waals surface area contributed by atoms with E-state index in [0.717, 1.165) is 19.6 Å². The molecule has 0 radical (unpaired) electrons. The monoisotopic (exact) mass is 234 g/mol. The van der Waals surface area contributed by atoms with E-state index in [0.29, 0.717) is 12.0 Å². The van der Waals surface area contributed by atoms with Crippen molar-refractivity contribution in [3.05, 3.63) is 29.8 Å². The van der Waals surface area contributed by atoms with Crippen LogP contribution in [0.2, 0.25) is 0 Å². The zero-order chi connectivity index (χ0) is 12.1. The van der Waals surface area contributed by atoms with Crippen molar-refractivity contribution in [2.45, 2.75) is 18.9 Å². The van der Waals surface area contributed by atoms with E-state index in [-0.39, 0.29) is 0 Å². The third-order valence-corrected chi connectivity index (χ3v) is 3.52. The van der Waals surface area contributed by atoms with Gasteiger partial charge in [0.15, 0.2) is 0 Å². The summed E-state index contributed by atoms with van der Waals surface area (Å²) >= 11 is 0. The molecule has 0 amide bonds. The Morgan fingerprint density at radius 1 is 1.41 bits per heavy atom. The van der Waals surface area contributed by atoms with Crippen molar-refractivity contribution in [2.75, 3.05) is 32.6 Å². The highest BCUT2D eigenvalue weighted by molar-refractivity contribution is 5.54. The summed E-state index contributed by atoms with van der Waals surface area (Å²) in [4.78, 5) is 0. The van der Waals surface area contributed by atoms with Crippen LogP contribution in [0.3, 0.4) is 0 Å². The maximum absolute atomic E-state index is 5.32. The summed E-state index contributed by atoms with van der Waals surface area (Å²) in [5.41, 5.74) is 2.70. The second-order valence-corrected chi connectivity index (χ2v) is 4.72. The van der Waals surface area contributed by atoms with Crippen molar-refractivity contribution in [1.29, 1.82) is 0 Å². The Balaban J connectivity index is 2.09. The normalized spacial score (nSPS) is 22.9. The lowest BCUT2D eigenvalue weighted by atomic mass is 9.85. The molecule has 17 heavy (non-hydrogen) atoms. The van der Waals surface area contributed by atoms with Crippen molar-refractivity contribution < 1.29 is 4.74 Å². The molecular formula is C14H22N2O. The summed E-state index contributed by atoms with van der Waals surface area (Å²) in [6.07, 6.45) is 2.34. The number of hydrogen-bond acceptors (Lipinski definition) is 3. The summed E-state index contributed by atoms with van der Waals surface area (Å²) in [5.74, 6) is 0.650. The zero-order valence-corrected chi connectivity index (χ0v) is 10.7. The Kier molecular flexibility index (Phi) is 4.40. The van der Waals surface area contributed by atoms with Gasteiger partial charge in [0.25, 0.3) is 0 Å². The van der Waals surface area contributed by atoms with Gasteiger partial charge in [-0.05, 0) is 44.0 Å². The first-order chi connectivity index (χ1) is 8.35. The number of ether oxygens (including phenoxy) is 1. The Bertz CT molecular complexity index is 354. The molecule has 3 heteroatoms. The first-order valence-electron chi connectivity index (χ1n) is 6.33. The van der Waals surface area contributed by atoms with E-state index in [9.17, 15) is 0 Å². The van der Waals surface area contributed by atoms with Gasteiger partial charge in [-0.2, -0.15) is 0 Å². The SMILES string of the molecule is CNCC[C@H]1Cc2ccccc2N[C@H]1COC. The van der Waals surface area contributed by atoms with Crippen LogP contribution < -0.4 is 10.6 Å². The highest BCUT2D eigenvalue weighted by Crippen LogP contribution is 2.29. The molecule has 2 N–H and O–H groups in total. The molecule has 0 unspecified atom stereocenters. The van der Waals surface area contributed by atoms with Crippen LogP contribution in [0.25, 0.3) is 0 Å². The summed E-state index contributed by atoms with van der Waals surface area (Å²) in [7, 11) is 3.78. The van der Waals surface area contributed by atoms with Gasteiger partial charge in [0.05, 0.1) is 12.6 Å². The number of anilines is 1. The Morgan fingerprint density at radius 2 is 2.24 bits per heavy atom. The fourth-order valence-corrected chi connectivity index (χ4v) is 2.57. The molecule has 2 atom stereocenters. The number of nitrogens with one attached hydrogen (secondary N) is 2. The third-order valence-electron chi connectivity index (χ3n) is 3.52. The molecule has 0 saturated heterocycles. The van der Waals surface area contributed by atoms with Gasteiger partial charge in [0, 0.05) is 12.8 Å². The third kappa shape index (κ3) is 2.99. The van der Waals surface area contributed by atoms with Crippen molar-refractivity contribution in [1.82, 2.24) is 5.32 Å². The minimum absolute atomic E-state index is 0.434. The number of hydrogen-bond donors (Lipinski definition) is 2. The molecule has 3 nitrogen and oxygen atoms in total. The van der Waals surface area contributed by atoms with Crippen molar-refractivity contribution in [3.63, 3.8) is 0 Å². The van der Waals surface area contributed by atoms with Crippen LogP contribution in [0.1, 0.15) is 12.0 Å². The van der Waals surface area contributed by atoms with E-state index in [1.54, 1.807) is 7.11 Å². The Morgan fingerprint density at radius 3 is 3.00 bits per heavy atom. The van der Waals surface area contributed by atoms with Crippen LogP contribution >= 0.6 is 0 Å². The van der Waals surface area contributed by atoms with E-state index >= 15 is 0 Å². The molecule has 1 aliphatic heterocycles. The minimum Gasteiger partial charge on any atom is -0.383 e. The number of fused-ring (bicyclic) bond motifs is 1. The molecule has 0 bridgehead atoms. The average Bonchev–Trinajstić information content (AvgIpc) is 2.36. The Labute approximate surface area is 104 Å². The van der Waals surface area contributed by atoms with Gasteiger partial charge in [0.1, 0.15) is 0 Å². The van der Waals surface area contributed by atoms with Crippen LogP contribution in [0.5, 0.6) is 0 Å². The quantitative estimate of drug-likeness (QED) is 0.816. The number of para-hydroxylation sites is 1. The predicted octanol–water partition coefficient (Wildman–Crippen LogP) is 1.90. The molecule has 1 heterocycles. The van der Waals surface area contributed by atoms with E-state index in [1.807, 2.05) is 7.05 Å². The molecule has 0 saturated carbocycles. The van der Waals surface area contributed by atoms with Crippen LogP contribution in [-0.4, -0.2) is 33.4 Å². The predicted molar refractivity (Wildman–Crippen MR) is 71.5 cm³/mol. The molecule has 1 aromatic rings. The zero-order valence-electron chi connectivity index (χ0n) is 10.7. The molecule has 2 rings (SSSR count). The first-order valence-corrected chi connectivity index (χ1v) is 6.33. The summed E-state index contributed by atoms with van der Waals surface area (Å²) in [5, 5.41) is 6.84. The van der Waals surface area contributed by atoms with E-state index in [4.69, 9.17) is 4.74 Å². The van der Waals surface area contributed by atoms with Crippen molar-refractivity contribution in [2.24, 2.45) is 5.92 Å². The van der Waals surface area contributed by atoms with Gasteiger partial charge in [0.2, 0.25) is 0 Å². The van der Waals surface area contributed by atoms with Gasteiger partial charge < -0.3 is 15.4 Å². The summed E-state index contributed by atoms with van der Waals surface area (Å²) in [6, 6.07) is 9.02. The maximum atomic E-state index is 5.32. The van der Waals surface area contributed by atoms with Crippen LogP contribution in [0, 0.1) is 5.92 Å². The molecule has 1 aromatic carbocycles. The highest BCUT2D eigenvalue weighted by Gasteiger charge is 2.27. The topological polar surface area (TPSA) is 33.3 Å². The maximum Gasteiger partial charge on any atom is 0.0666 e.